The van der Waals surface area contributed by atoms with Crippen LogP contribution in [0.1, 0.15) is 71.1 Å². The van der Waals surface area contributed by atoms with Crippen LogP contribution in [0.5, 0.6) is 0 Å². The average Bonchev–Trinajstić information content (AvgIpc) is 2.56. The van der Waals surface area contributed by atoms with E-state index in [0.29, 0.717) is 19.5 Å². The minimum atomic E-state index is 0.191. The minimum absolute atomic E-state index is 0.191. The molecule has 0 atom stereocenters. The fourth-order valence-electron chi connectivity index (χ4n) is 2.50. The molecule has 0 aromatic carbocycles. The summed E-state index contributed by atoms with van der Waals surface area (Å²) in [4.78, 5) is 11.7. The van der Waals surface area contributed by atoms with E-state index in [-0.39, 0.29) is 5.91 Å². The van der Waals surface area contributed by atoms with Crippen LogP contribution in [-0.2, 0) is 4.79 Å². The van der Waals surface area contributed by atoms with Crippen LogP contribution in [0.4, 0.5) is 0 Å². The number of amides is 1. The standard InChI is InChI=1S/C18H40N4O/c1-2-3-4-5-6-7-8-9-10-11-18(23)22-17-16-21-15-14-20-13-12-19/h20-21H,2-17,19H2,1H3,(H,22,23). The molecule has 0 rings (SSSR count). The molecule has 0 aliphatic rings. The fourth-order valence-corrected chi connectivity index (χ4v) is 2.50. The summed E-state index contributed by atoms with van der Waals surface area (Å²) in [7, 11) is 0. The normalized spacial score (nSPS) is 10.9. The lowest BCUT2D eigenvalue weighted by Gasteiger charge is -2.07. The van der Waals surface area contributed by atoms with Gasteiger partial charge in [-0.25, -0.2) is 0 Å². The molecule has 0 unspecified atom stereocenters. The van der Waals surface area contributed by atoms with E-state index in [0.717, 1.165) is 32.6 Å². The van der Waals surface area contributed by atoms with Crippen LogP contribution in [0, 0.1) is 0 Å². The first-order chi connectivity index (χ1) is 11.3. The molecule has 0 heterocycles. The van der Waals surface area contributed by atoms with Crippen molar-refractivity contribution in [3.05, 3.63) is 0 Å². The predicted octanol–water partition coefficient (Wildman–Crippen LogP) is 2.16. The van der Waals surface area contributed by atoms with E-state index in [1.54, 1.807) is 0 Å². The van der Waals surface area contributed by atoms with Crippen molar-refractivity contribution in [1.82, 2.24) is 16.0 Å². The molecule has 0 saturated heterocycles. The summed E-state index contributed by atoms with van der Waals surface area (Å²) in [5, 5.41) is 9.47. The molecule has 0 radical (unpaired) electrons. The van der Waals surface area contributed by atoms with Crippen molar-refractivity contribution in [2.45, 2.75) is 71.1 Å². The van der Waals surface area contributed by atoms with Crippen LogP contribution >= 0.6 is 0 Å². The smallest absolute Gasteiger partial charge is 0.220 e. The second kappa shape index (κ2) is 19.4. The number of nitrogens with two attached hydrogens (primary N) is 1. The number of hydrogen-bond acceptors (Lipinski definition) is 4. The highest BCUT2D eigenvalue weighted by atomic mass is 16.1. The van der Waals surface area contributed by atoms with Crippen molar-refractivity contribution >= 4 is 5.91 Å². The Kier molecular flexibility index (Phi) is 18.8. The number of nitrogens with one attached hydrogen (secondary N) is 3. The third-order valence-corrected chi connectivity index (χ3v) is 3.93. The molecule has 0 spiro atoms. The molecule has 0 fully saturated rings. The van der Waals surface area contributed by atoms with E-state index in [4.69, 9.17) is 5.73 Å². The van der Waals surface area contributed by atoms with E-state index >= 15 is 0 Å². The van der Waals surface area contributed by atoms with Gasteiger partial charge in [-0.3, -0.25) is 4.79 Å². The van der Waals surface area contributed by atoms with Crippen molar-refractivity contribution in [3.63, 3.8) is 0 Å². The van der Waals surface area contributed by atoms with Crippen molar-refractivity contribution in [2.24, 2.45) is 5.73 Å². The molecule has 0 aromatic rings. The molecule has 0 saturated carbocycles. The van der Waals surface area contributed by atoms with Crippen LogP contribution in [0.3, 0.4) is 0 Å². The van der Waals surface area contributed by atoms with Gasteiger partial charge in [-0.15, -0.1) is 0 Å². The summed E-state index contributed by atoms with van der Waals surface area (Å²) < 4.78 is 0. The van der Waals surface area contributed by atoms with Crippen molar-refractivity contribution in [2.75, 3.05) is 39.3 Å². The van der Waals surface area contributed by atoms with Gasteiger partial charge < -0.3 is 21.7 Å². The molecule has 1 amide bonds. The first-order valence-electron chi connectivity index (χ1n) is 9.69. The van der Waals surface area contributed by atoms with Crippen molar-refractivity contribution in [1.29, 1.82) is 0 Å². The molecule has 0 aliphatic carbocycles. The summed E-state index contributed by atoms with van der Waals surface area (Å²) in [5.74, 6) is 0.191. The molecule has 5 N–H and O–H groups in total. The highest BCUT2D eigenvalue weighted by Gasteiger charge is 2.00. The topological polar surface area (TPSA) is 79.2 Å². The molecule has 5 heteroatoms. The number of hydrogen-bond donors (Lipinski definition) is 4. The van der Waals surface area contributed by atoms with Gasteiger partial charge in [0.1, 0.15) is 0 Å². The Hall–Kier alpha value is -0.650. The Morgan fingerprint density at radius 2 is 1.26 bits per heavy atom. The van der Waals surface area contributed by atoms with Gasteiger partial charge in [0.2, 0.25) is 5.91 Å². The Bertz CT molecular complexity index is 249. The lowest BCUT2D eigenvalue weighted by atomic mass is 10.1. The number of carbonyl (C=O) groups is 1. The number of carbonyl (C=O) groups excluding carboxylic acids is 1. The van der Waals surface area contributed by atoms with Crippen molar-refractivity contribution < 1.29 is 4.79 Å². The minimum Gasteiger partial charge on any atom is -0.355 e. The molecule has 23 heavy (non-hydrogen) atoms. The number of unbranched alkanes of at least 4 members (excludes halogenated alkanes) is 8. The first kappa shape index (κ1) is 22.4. The maximum Gasteiger partial charge on any atom is 0.220 e. The van der Waals surface area contributed by atoms with Gasteiger partial charge in [0, 0.05) is 45.7 Å². The molecule has 5 nitrogen and oxygen atoms in total. The van der Waals surface area contributed by atoms with Gasteiger partial charge in [-0.2, -0.15) is 0 Å². The lowest BCUT2D eigenvalue weighted by Crippen LogP contribution is -2.35. The van der Waals surface area contributed by atoms with E-state index in [2.05, 4.69) is 22.9 Å². The van der Waals surface area contributed by atoms with E-state index in [1.165, 1.54) is 51.4 Å². The van der Waals surface area contributed by atoms with Crippen LogP contribution in [0.25, 0.3) is 0 Å². The predicted molar refractivity (Wildman–Crippen MR) is 99.6 cm³/mol. The lowest BCUT2D eigenvalue weighted by molar-refractivity contribution is -0.121. The van der Waals surface area contributed by atoms with Gasteiger partial charge in [0.15, 0.2) is 0 Å². The fraction of sp³-hybridized carbons (Fsp3) is 0.944. The van der Waals surface area contributed by atoms with Gasteiger partial charge in [-0.1, -0.05) is 58.3 Å². The van der Waals surface area contributed by atoms with Gasteiger partial charge in [0.25, 0.3) is 0 Å². The maximum absolute atomic E-state index is 11.7. The van der Waals surface area contributed by atoms with Crippen LogP contribution in [0.2, 0.25) is 0 Å². The van der Waals surface area contributed by atoms with Gasteiger partial charge in [-0.05, 0) is 6.42 Å². The molecular weight excluding hydrogens is 288 g/mol. The summed E-state index contributed by atoms with van der Waals surface area (Å²) >= 11 is 0. The zero-order valence-electron chi connectivity index (χ0n) is 15.3. The zero-order chi connectivity index (χ0) is 17.0. The molecule has 0 aliphatic heterocycles. The SMILES string of the molecule is CCCCCCCCCCCC(=O)NCCNCCNCCN. The first-order valence-corrected chi connectivity index (χ1v) is 9.69. The Balaban J connectivity index is 3.13. The van der Waals surface area contributed by atoms with Crippen molar-refractivity contribution in [3.8, 4) is 0 Å². The summed E-state index contributed by atoms with van der Waals surface area (Å²) in [6.45, 7) is 7.16. The monoisotopic (exact) mass is 328 g/mol. The Labute approximate surface area is 143 Å². The summed E-state index contributed by atoms with van der Waals surface area (Å²) in [6, 6.07) is 0. The van der Waals surface area contributed by atoms with Gasteiger partial charge >= 0.3 is 0 Å². The molecule has 138 valence electrons. The maximum atomic E-state index is 11.7. The zero-order valence-corrected chi connectivity index (χ0v) is 15.3. The van der Waals surface area contributed by atoms with E-state index in [1.807, 2.05) is 0 Å². The summed E-state index contributed by atoms with van der Waals surface area (Å²) in [5.41, 5.74) is 5.39. The van der Waals surface area contributed by atoms with Gasteiger partial charge in [0.05, 0.1) is 0 Å². The Morgan fingerprint density at radius 3 is 1.87 bits per heavy atom. The van der Waals surface area contributed by atoms with Crippen LogP contribution in [0.15, 0.2) is 0 Å². The molecule has 0 bridgehead atoms. The average molecular weight is 329 g/mol. The second-order valence-corrected chi connectivity index (χ2v) is 6.22. The third-order valence-electron chi connectivity index (χ3n) is 3.93. The molecule has 0 aromatic heterocycles. The highest BCUT2D eigenvalue weighted by molar-refractivity contribution is 5.75. The quantitative estimate of drug-likeness (QED) is 0.291. The Morgan fingerprint density at radius 1 is 0.739 bits per heavy atom. The molecular formula is C18H40N4O. The highest BCUT2D eigenvalue weighted by Crippen LogP contribution is 2.10. The summed E-state index contributed by atoms with van der Waals surface area (Å²) in [6.07, 6.45) is 12.3. The number of rotatable bonds is 18. The van der Waals surface area contributed by atoms with Crippen LogP contribution in [-0.4, -0.2) is 45.2 Å². The largest absolute Gasteiger partial charge is 0.355 e. The van der Waals surface area contributed by atoms with E-state index < -0.39 is 0 Å². The second-order valence-electron chi connectivity index (χ2n) is 6.22. The van der Waals surface area contributed by atoms with E-state index in [9.17, 15) is 4.79 Å². The third kappa shape index (κ3) is 19.3. The van der Waals surface area contributed by atoms with Crippen LogP contribution < -0.4 is 21.7 Å².